The standard InChI is InChI=1S/C33H47N5O12/c1-20(34-26(39)21(2)36(6)28(41)24-14-11-17-38(24)50-32(46)49-33(3,4)5)27(40)37-16-10-15-25(37)30(44)47-19-23(29(42)43)35-31(45)48-18-22-12-8-7-9-13-22/h7-9,12-13,20-21,23-25H,10-11,14-19H2,1-6H3,(H,34,39)(H,35,45)(H,42,43)/t20-,21-,23-,24-,25-/m0/s1. The number of likely N-dealkylation sites (tertiary alicyclic amines) is 1. The molecule has 2 aliphatic heterocycles. The maximum absolute atomic E-state index is 13.3. The van der Waals surface area contributed by atoms with E-state index in [1.165, 1.54) is 35.8 Å². The van der Waals surface area contributed by atoms with Crippen molar-refractivity contribution in [1.29, 1.82) is 0 Å². The summed E-state index contributed by atoms with van der Waals surface area (Å²) in [5.74, 6) is -4.00. The Labute approximate surface area is 290 Å². The minimum Gasteiger partial charge on any atom is -0.480 e. The van der Waals surface area contributed by atoms with Gasteiger partial charge >= 0.3 is 24.2 Å². The molecule has 2 fully saturated rings. The molecule has 17 heteroatoms. The summed E-state index contributed by atoms with van der Waals surface area (Å²) in [6.45, 7) is 7.66. The predicted octanol–water partition coefficient (Wildman–Crippen LogP) is 1.58. The highest BCUT2D eigenvalue weighted by Crippen LogP contribution is 2.23. The van der Waals surface area contributed by atoms with E-state index in [0.29, 0.717) is 31.4 Å². The van der Waals surface area contributed by atoms with Gasteiger partial charge in [0, 0.05) is 20.1 Å². The molecule has 3 rings (SSSR count). The Morgan fingerprint density at radius 2 is 1.58 bits per heavy atom. The van der Waals surface area contributed by atoms with Gasteiger partial charge in [-0.3, -0.25) is 14.4 Å². The predicted molar refractivity (Wildman–Crippen MR) is 174 cm³/mol. The highest BCUT2D eigenvalue weighted by atomic mass is 16.8. The van der Waals surface area contributed by atoms with E-state index >= 15 is 0 Å². The number of hydroxylamine groups is 2. The van der Waals surface area contributed by atoms with Crippen LogP contribution >= 0.6 is 0 Å². The van der Waals surface area contributed by atoms with Gasteiger partial charge in [0.15, 0.2) is 6.04 Å². The Morgan fingerprint density at radius 1 is 0.940 bits per heavy atom. The molecule has 0 spiro atoms. The molecule has 0 unspecified atom stereocenters. The van der Waals surface area contributed by atoms with Gasteiger partial charge in [-0.25, -0.2) is 19.2 Å². The molecule has 5 atom stereocenters. The Morgan fingerprint density at radius 3 is 2.22 bits per heavy atom. The smallest absolute Gasteiger partial charge is 0.480 e. The Hall–Kier alpha value is -4.93. The lowest BCUT2D eigenvalue weighted by atomic mass is 10.1. The van der Waals surface area contributed by atoms with Crippen LogP contribution in [0.15, 0.2) is 30.3 Å². The van der Waals surface area contributed by atoms with E-state index in [0.717, 1.165) is 0 Å². The van der Waals surface area contributed by atoms with E-state index in [9.17, 15) is 38.7 Å². The number of carboxylic acid groups (broad SMARTS) is 1. The van der Waals surface area contributed by atoms with Gasteiger partial charge in [0.1, 0.15) is 43.0 Å². The number of amides is 4. The topological polar surface area (TPSA) is 210 Å². The van der Waals surface area contributed by atoms with Crippen molar-refractivity contribution in [2.24, 2.45) is 0 Å². The molecule has 1 aromatic carbocycles. The zero-order chi connectivity index (χ0) is 37.2. The van der Waals surface area contributed by atoms with Crippen molar-refractivity contribution in [3.05, 3.63) is 35.9 Å². The minimum absolute atomic E-state index is 0.0953. The molecule has 4 amide bonds. The van der Waals surface area contributed by atoms with Crippen LogP contribution in [-0.2, 0) is 49.6 Å². The lowest BCUT2D eigenvalue weighted by Gasteiger charge is -2.31. The number of carbonyl (C=O) groups is 7. The quantitative estimate of drug-likeness (QED) is 0.197. The van der Waals surface area contributed by atoms with Gasteiger partial charge in [-0.2, -0.15) is 0 Å². The minimum atomic E-state index is -1.60. The summed E-state index contributed by atoms with van der Waals surface area (Å²) in [5.41, 5.74) is -0.0975. The largest absolute Gasteiger partial charge is 0.528 e. The number of hydrogen-bond acceptors (Lipinski definition) is 12. The van der Waals surface area contributed by atoms with Gasteiger partial charge in [-0.15, -0.1) is 5.06 Å². The lowest BCUT2D eigenvalue weighted by Crippen LogP contribution is -2.56. The van der Waals surface area contributed by atoms with Gasteiger partial charge in [-0.1, -0.05) is 30.3 Å². The van der Waals surface area contributed by atoms with Crippen LogP contribution < -0.4 is 10.6 Å². The summed E-state index contributed by atoms with van der Waals surface area (Å²) >= 11 is 0. The Balaban J connectivity index is 1.50. The summed E-state index contributed by atoms with van der Waals surface area (Å²) in [6.07, 6.45) is -0.297. The molecule has 2 aliphatic rings. The van der Waals surface area contributed by atoms with Crippen molar-refractivity contribution >= 4 is 41.9 Å². The number of esters is 1. The first-order chi connectivity index (χ1) is 23.5. The number of rotatable bonds is 13. The molecule has 0 aromatic heterocycles. The number of hydrogen-bond donors (Lipinski definition) is 3. The number of alkyl carbamates (subject to hydrolysis) is 1. The van der Waals surface area contributed by atoms with Crippen molar-refractivity contribution in [3.63, 3.8) is 0 Å². The second-order valence-corrected chi connectivity index (χ2v) is 13.1. The maximum atomic E-state index is 13.3. The van der Waals surface area contributed by atoms with Crippen molar-refractivity contribution in [3.8, 4) is 0 Å². The summed E-state index contributed by atoms with van der Waals surface area (Å²) in [7, 11) is 1.43. The molecular weight excluding hydrogens is 658 g/mol. The molecule has 3 N–H and O–H groups in total. The van der Waals surface area contributed by atoms with Crippen LogP contribution in [0.2, 0.25) is 0 Å². The van der Waals surface area contributed by atoms with Gasteiger partial charge in [-0.05, 0) is 65.9 Å². The number of nitrogens with one attached hydrogen (secondary N) is 2. The highest BCUT2D eigenvalue weighted by molar-refractivity contribution is 5.94. The van der Waals surface area contributed by atoms with E-state index in [1.807, 2.05) is 0 Å². The zero-order valence-corrected chi connectivity index (χ0v) is 29.2. The first kappa shape index (κ1) is 39.5. The van der Waals surface area contributed by atoms with Gasteiger partial charge in [0.25, 0.3) is 0 Å². The first-order valence-electron chi connectivity index (χ1n) is 16.4. The number of carbonyl (C=O) groups excluding carboxylic acids is 6. The second-order valence-electron chi connectivity index (χ2n) is 13.1. The molecule has 2 saturated heterocycles. The Kier molecular flexibility index (Phi) is 13.9. The van der Waals surface area contributed by atoms with Crippen molar-refractivity contribution in [1.82, 2.24) is 25.5 Å². The number of likely N-dealkylation sites (N-methyl/N-ethyl adjacent to an activating group) is 1. The molecule has 2 heterocycles. The fourth-order valence-electron chi connectivity index (χ4n) is 5.33. The molecule has 50 heavy (non-hydrogen) atoms. The number of benzene rings is 1. The van der Waals surface area contributed by atoms with E-state index in [1.54, 1.807) is 51.1 Å². The molecule has 0 saturated carbocycles. The highest BCUT2D eigenvalue weighted by Gasteiger charge is 2.41. The third kappa shape index (κ3) is 11.3. The maximum Gasteiger partial charge on any atom is 0.528 e. The summed E-state index contributed by atoms with van der Waals surface area (Å²) in [6, 6.07) is 3.17. The van der Waals surface area contributed by atoms with E-state index in [2.05, 4.69) is 10.6 Å². The van der Waals surface area contributed by atoms with Gasteiger partial charge < -0.3 is 44.6 Å². The van der Waals surface area contributed by atoms with Crippen molar-refractivity contribution in [2.75, 3.05) is 26.7 Å². The second kappa shape index (κ2) is 17.6. The van der Waals surface area contributed by atoms with E-state index < -0.39 is 84.3 Å². The molecule has 0 radical (unpaired) electrons. The molecule has 1 aromatic rings. The average molecular weight is 706 g/mol. The molecule has 276 valence electrons. The number of carboxylic acids is 1. The first-order valence-corrected chi connectivity index (χ1v) is 16.4. The van der Waals surface area contributed by atoms with E-state index in [4.69, 9.17) is 19.0 Å². The molecular formula is C33H47N5O12. The molecule has 17 nitrogen and oxygen atoms in total. The fourth-order valence-corrected chi connectivity index (χ4v) is 5.33. The normalized spacial score (nSPS) is 19.4. The Bertz CT molecular complexity index is 1400. The molecule has 0 aliphatic carbocycles. The van der Waals surface area contributed by atoms with Crippen LogP contribution in [0.5, 0.6) is 0 Å². The third-order valence-electron chi connectivity index (χ3n) is 8.11. The third-order valence-corrected chi connectivity index (χ3v) is 8.11. The number of ether oxygens (including phenoxy) is 3. The van der Waals surface area contributed by atoms with Crippen LogP contribution in [0.3, 0.4) is 0 Å². The van der Waals surface area contributed by atoms with Crippen LogP contribution in [0, 0.1) is 0 Å². The fraction of sp³-hybridized carbons (Fsp3) is 0.606. The van der Waals surface area contributed by atoms with Gasteiger partial charge in [0.05, 0.1) is 0 Å². The number of nitrogens with zero attached hydrogens (tertiary/aromatic N) is 3. The lowest BCUT2D eigenvalue weighted by molar-refractivity contribution is -0.170. The monoisotopic (exact) mass is 705 g/mol. The SMILES string of the molecule is C[C@H](NC(=O)[C@H](C)N(C)C(=O)[C@@H]1CCCN1OC(=O)OC(C)(C)C)C(=O)N1CCC[C@H]1C(=O)OC[C@H](NC(=O)OCc1ccccc1)C(=O)O. The summed E-state index contributed by atoms with van der Waals surface area (Å²) in [4.78, 5) is 96.5. The van der Waals surface area contributed by atoms with Crippen LogP contribution in [-0.4, -0.2) is 124 Å². The van der Waals surface area contributed by atoms with Crippen LogP contribution in [0.25, 0.3) is 0 Å². The van der Waals surface area contributed by atoms with E-state index in [-0.39, 0.29) is 19.6 Å². The van der Waals surface area contributed by atoms with Crippen LogP contribution in [0.4, 0.5) is 9.59 Å². The summed E-state index contributed by atoms with van der Waals surface area (Å²) < 4.78 is 15.4. The molecule has 0 bridgehead atoms. The number of aliphatic carboxylic acids is 1. The van der Waals surface area contributed by atoms with Crippen molar-refractivity contribution in [2.45, 2.75) is 103 Å². The van der Waals surface area contributed by atoms with Gasteiger partial charge in [0.2, 0.25) is 17.7 Å². The zero-order valence-electron chi connectivity index (χ0n) is 29.2. The van der Waals surface area contributed by atoms with Crippen LogP contribution in [0.1, 0.15) is 65.9 Å². The average Bonchev–Trinajstić information content (AvgIpc) is 3.73. The summed E-state index contributed by atoms with van der Waals surface area (Å²) in [5, 5.41) is 15.5. The van der Waals surface area contributed by atoms with Crippen molar-refractivity contribution < 1.29 is 57.7 Å².